The molecule has 0 aliphatic carbocycles. The first-order valence-corrected chi connectivity index (χ1v) is 6.14. The Morgan fingerprint density at radius 3 is 2.27 bits per heavy atom. The highest BCUT2D eigenvalue weighted by atomic mass is 16.3. The van der Waals surface area contributed by atoms with E-state index < -0.39 is 0 Å². The molecule has 90 valence electrons. The average Bonchev–Trinajstić information content (AvgIpc) is 2.27. The van der Waals surface area contributed by atoms with Gasteiger partial charge < -0.3 is 10.0 Å². The van der Waals surface area contributed by atoms with Crippen LogP contribution in [0.2, 0.25) is 0 Å². The van der Waals surface area contributed by atoms with Gasteiger partial charge in [0.1, 0.15) is 0 Å². The monoisotopic (exact) mass is 214 g/mol. The Bertz CT molecular complexity index is 176. The van der Waals surface area contributed by atoms with Crippen LogP contribution < -0.4 is 0 Å². The zero-order valence-corrected chi connectivity index (χ0v) is 10.6. The van der Waals surface area contributed by atoms with E-state index >= 15 is 0 Å². The van der Waals surface area contributed by atoms with Crippen LogP contribution in [0.1, 0.15) is 33.1 Å². The third-order valence-electron chi connectivity index (χ3n) is 3.78. The Balaban J connectivity index is 2.36. The molecule has 0 bridgehead atoms. The summed E-state index contributed by atoms with van der Waals surface area (Å²) in [5.74, 6) is 0. The molecule has 1 aliphatic heterocycles. The van der Waals surface area contributed by atoms with Crippen LogP contribution in [0.25, 0.3) is 0 Å². The first-order valence-electron chi connectivity index (χ1n) is 6.14. The van der Waals surface area contributed by atoms with E-state index in [1.54, 1.807) is 0 Å². The number of hydrogen-bond acceptors (Lipinski definition) is 3. The minimum Gasteiger partial charge on any atom is -0.392 e. The lowest BCUT2D eigenvalue weighted by molar-refractivity contribution is 0.0311. The number of hydrogen-bond donors (Lipinski definition) is 1. The molecule has 0 spiro atoms. The summed E-state index contributed by atoms with van der Waals surface area (Å²) >= 11 is 0. The predicted octanol–water partition coefficient (Wildman–Crippen LogP) is 1.17. The van der Waals surface area contributed by atoms with Crippen LogP contribution in [-0.2, 0) is 0 Å². The Morgan fingerprint density at radius 1 is 1.33 bits per heavy atom. The largest absolute Gasteiger partial charge is 0.392 e. The van der Waals surface area contributed by atoms with Crippen LogP contribution in [0.5, 0.6) is 0 Å². The highest BCUT2D eigenvalue weighted by Gasteiger charge is 2.26. The third kappa shape index (κ3) is 3.44. The molecular weight excluding hydrogens is 188 g/mol. The lowest BCUT2D eigenvalue weighted by Gasteiger charge is -2.39. The molecule has 0 amide bonds. The van der Waals surface area contributed by atoms with E-state index in [0.29, 0.717) is 6.04 Å². The summed E-state index contributed by atoms with van der Waals surface area (Å²) in [6.07, 6.45) is 3.15. The number of rotatable bonds is 4. The lowest BCUT2D eigenvalue weighted by atomic mass is 10.0. The number of aliphatic hydroxyl groups is 1. The van der Waals surface area contributed by atoms with Gasteiger partial charge in [-0.2, -0.15) is 0 Å². The van der Waals surface area contributed by atoms with Crippen molar-refractivity contribution < 1.29 is 5.11 Å². The van der Waals surface area contributed by atoms with Gasteiger partial charge >= 0.3 is 0 Å². The fourth-order valence-electron chi connectivity index (χ4n) is 2.39. The number of aliphatic hydroxyl groups excluding tert-OH is 1. The molecule has 1 fully saturated rings. The fraction of sp³-hybridized carbons (Fsp3) is 1.00. The summed E-state index contributed by atoms with van der Waals surface area (Å²) in [7, 11) is 4.31. The number of likely N-dealkylation sites (tertiary alicyclic amines) is 1. The summed E-state index contributed by atoms with van der Waals surface area (Å²) in [6.45, 7) is 6.44. The molecular formula is C12H26N2O. The second kappa shape index (κ2) is 5.83. The predicted molar refractivity (Wildman–Crippen MR) is 64.0 cm³/mol. The van der Waals surface area contributed by atoms with E-state index in [0.717, 1.165) is 25.6 Å². The van der Waals surface area contributed by atoms with E-state index in [1.165, 1.54) is 12.8 Å². The van der Waals surface area contributed by atoms with Gasteiger partial charge in [0.2, 0.25) is 0 Å². The van der Waals surface area contributed by atoms with Gasteiger partial charge in [0, 0.05) is 25.2 Å². The standard InChI is InChI=1S/C12H26N2O/c1-5-12(15)10(2)14-8-6-11(7-9-14)13(3)4/h10-12,15H,5-9H2,1-4H3. The van der Waals surface area contributed by atoms with Crippen LogP contribution in [0, 0.1) is 0 Å². The number of nitrogens with zero attached hydrogens (tertiary/aromatic N) is 2. The molecule has 1 saturated heterocycles. The minimum atomic E-state index is -0.166. The van der Waals surface area contributed by atoms with Gasteiger partial charge in [-0.25, -0.2) is 0 Å². The quantitative estimate of drug-likeness (QED) is 0.761. The van der Waals surface area contributed by atoms with Crippen molar-refractivity contribution in [2.24, 2.45) is 0 Å². The maximum Gasteiger partial charge on any atom is 0.0690 e. The van der Waals surface area contributed by atoms with Crippen molar-refractivity contribution in [2.45, 2.75) is 51.3 Å². The highest BCUT2D eigenvalue weighted by Crippen LogP contribution is 2.18. The molecule has 1 aliphatic rings. The van der Waals surface area contributed by atoms with Crippen molar-refractivity contribution >= 4 is 0 Å². The van der Waals surface area contributed by atoms with Crippen molar-refractivity contribution in [3.05, 3.63) is 0 Å². The zero-order chi connectivity index (χ0) is 11.4. The molecule has 3 heteroatoms. The van der Waals surface area contributed by atoms with Crippen molar-refractivity contribution in [1.29, 1.82) is 0 Å². The van der Waals surface area contributed by atoms with E-state index in [4.69, 9.17) is 0 Å². The summed E-state index contributed by atoms with van der Waals surface area (Å²) < 4.78 is 0. The molecule has 3 nitrogen and oxygen atoms in total. The second-order valence-corrected chi connectivity index (χ2v) is 4.95. The van der Waals surface area contributed by atoms with Gasteiger partial charge in [-0.05, 0) is 40.3 Å². The van der Waals surface area contributed by atoms with Gasteiger partial charge in [-0.15, -0.1) is 0 Å². The third-order valence-corrected chi connectivity index (χ3v) is 3.78. The maximum atomic E-state index is 9.80. The summed E-state index contributed by atoms with van der Waals surface area (Å²) in [6, 6.07) is 1.05. The highest BCUT2D eigenvalue weighted by molar-refractivity contribution is 4.82. The molecule has 1 heterocycles. The van der Waals surface area contributed by atoms with Crippen molar-refractivity contribution in [2.75, 3.05) is 27.2 Å². The van der Waals surface area contributed by atoms with Gasteiger partial charge in [0.15, 0.2) is 0 Å². The molecule has 0 aromatic carbocycles. The number of piperidine rings is 1. The molecule has 0 aromatic rings. The topological polar surface area (TPSA) is 26.7 Å². The normalized spacial score (nSPS) is 24.4. The Kier molecular flexibility index (Phi) is 5.03. The molecule has 0 aromatic heterocycles. The van der Waals surface area contributed by atoms with Crippen molar-refractivity contribution in [1.82, 2.24) is 9.80 Å². The zero-order valence-electron chi connectivity index (χ0n) is 10.6. The van der Waals surface area contributed by atoms with Crippen LogP contribution in [-0.4, -0.2) is 60.3 Å². The van der Waals surface area contributed by atoms with E-state index in [2.05, 4.69) is 30.8 Å². The van der Waals surface area contributed by atoms with Gasteiger partial charge in [-0.3, -0.25) is 4.90 Å². The fourth-order valence-corrected chi connectivity index (χ4v) is 2.39. The molecule has 1 rings (SSSR count). The molecule has 2 unspecified atom stereocenters. The van der Waals surface area contributed by atoms with E-state index in [9.17, 15) is 5.11 Å². The van der Waals surface area contributed by atoms with Gasteiger partial charge in [0.05, 0.1) is 6.10 Å². The van der Waals surface area contributed by atoms with E-state index in [-0.39, 0.29) is 6.10 Å². The molecule has 1 N–H and O–H groups in total. The van der Waals surface area contributed by atoms with Crippen LogP contribution in [0.4, 0.5) is 0 Å². The SMILES string of the molecule is CCC(O)C(C)N1CCC(N(C)C)CC1. The first kappa shape index (κ1) is 12.9. The van der Waals surface area contributed by atoms with Crippen LogP contribution >= 0.6 is 0 Å². The second-order valence-electron chi connectivity index (χ2n) is 4.95. The van der Waals surface area contributed by atoms with Gasteiger partial charge in [0.25, 0.3) is 0 Å². The van der Waals surface area contributed by atoms with E-state index in [1.807, 2.05) is 6.92 Å². The van der Waals surface area contributed by atoms with Crippen LogP contribution in [0.15, 0.2) is 0 Å². The van der Waals surface area contributed by atoms with Crippen molar-refractivity contribution in [3.63, 3.8) is 0 Å². The summed E-state index contributed by atoms with van der Waals surface area (Å²) in [5.41, 5.74) is 0. The maximum absolute atomic E-state index is 9.80. The van der Waals surface area contributed by atoms with Crippen molar-refractivity contribution in [3.8, 4) is 0 Å². The molecule has 0 saturated carbocycles. The summed E-state index contributed by atoms with van der Waals surface area (Å²) in [4.78, 5) is 4.74. The Hall–Kier alpha value is -0.120. The molecule has 0 radical (unpaired) electrons. The minimum absolute atomic E-state index is 0.166. The van der Waals surface area contributed by atoms with Crippen LogP contribution in [0.3, 0.4) is 0 Å². The Labute approximate surface area is 94.1 Å². The molecule has 2 atom stereocenters. The Morgan fingerprint density at radius 2 is 1.87 bits per heavy atom. The smallest absolute Gasteiger partial charge is 0.0690 e. The lowest BCUT2D eigenvalue weighted by Crippen LogP contribution is -2.49. The average molecular weight is 214 g/mol. The first-order chi connectivity index (χ1) is 7.06. The summed E-state index contributed by atoms with van der Waals surface area (Å²) in [5, 5.41) is 9.80. The molecule has 15 heavy (non-hydrogen) atoms. The van der Waals surface area contributed by atoms with Gasteiger partial charge in [-0.1, -0.05) is 6.92 Å².